The first-order chi connectivity index (χ1) is 13.0. The predicted molar refractivity (Wildman–Crippen MR) is 100 cm³/mol. The minimum absolute atomic E-state index is 0.0157. The van der Waals surface area contributed by atoms with Gasteiger partial charge in [-0.3, -0.25) is 14.7 Å². The quantitative estimate of drug-likeness (QED) is 0.776. The van der Waals surface area contributed by atoms with Crippen LogP contribution < -0.4 is 14.8 Å². The molecule has 8 nitrogen and oxygen atoms in total. The minimum Gasteiger partial charge on any atom is -0.493 e. The summed E-state index contributed by atoms with van der Waals surface area (Å²) in [6, 6.07) is 7.44. The lowest BCUT2D eigenvalue weighted by atomic mass is 9.98. The molecule has 1 aromatic carbocycles. The van der Waals surface area contributed by atoms with E-state index in [1.807, 2.05) is 32.0 Å². The van der Waals surface area contributed by atoms with Crippen molar-refractivity contribution in [2.45, 2.75) is 26.2 Å². The first-order valence-electron chi connectivity index (χ1n) is 8.90. The third kappa shape index (κ3) is 4.39. The van der Waals surface area contributed by atoms with Crippen molar-refractivity contribution < 1.29 is 19.1 Å². The highest BCUT2D eigenvalue weighted by Gasteiger charge is 2.32. The van der Waals surface area contributed by atoms with Crippen LogP contribution >= 0.6 is 0 Å². The van der Waals surface area contributed by atoms with E-state index in [1.165, 1.54) is 0 Å². The Balaban J connectivity index is 1.64. The number of hydrogen-bond donors (Lipinski definition) is 2. The van der Waals surface area contributed by atoms with E-state index in [0.29, 0.717) is 36.9 Å². The minimum atomic E-state index is -0.252. The molecule has 1 aliphatic heterocycles. The summed E-state index contributed by atoms with van der Waals surface area (Å²) >= 11 is 0. The Morgan fingerprint density at radius 2 is 2.19 bits per heavy atom. The van der Waals surface area contributed by atoms with Gasteiger partial charge >= 0.3 is 0 Å². The van der Waals surface area contributed by atoms with Gasteiger partial charge in [-0.1, -0.05) is 6.07 Å². The molecule has 0 spiro atoms. The van der Waals surface area contributed by atoms with Crippen molar-refractivity contribution in [3.63, 3.8) is 0 Å². The van der Waals surface area contributed by atoms with Crippen LogP contribution in [-0.2, 0) is 9.59 Å². The number of aromatic nitrogens is 2. The molecule has 1 aliphatic rings. The molecule has 144 valence electrons. The number of benzene rings is 1. The number of aryl methyl sites for hydroxylation is 1. The highest BCUT2D eigenvalue weighted by molar-refractivity contribution is 5.94. The molecule has 0 saturated carbocycles. The molecule has 2 N–H and O–H groups in total. The van der Waals surface area contributed by atoms with Gasteiger partial charge in [0, 0.05) is 24.9 Å². The molecule has 8 heteroatoms. The van der Waals surface area contributed by atoms with Crippen molar-refractivity contribution >= 4 is 17.6 Å². The van der Waals surface area contributed by atoms with E-state index in [9.17, 15) is 9.59 Å². The number of H-pyrrole nitrogens is 1. The first-order valence-corrected chi connectivity index (χ1v) is 8.90. The average Bonchev–Trinajstić information content (AvgIpc) is 3.21. The van der Waals surface area contributed by atoms with E-state index in [0.717, 1.165) is 11.3 Å². The summed E-state index contributed by atoms with van der Waals surface area (Å²) in [7, 11) is 1.60. The van der Waals surface area contributed by atoms with Gasteiger partial charge in [0.25, 0.3) is 0 Å². The number of rotatable bonds is 7. The number of amides is 2. The van der Waals surface area contributed by atoms with Gasteiger partial charge in [0.2, 0.25) is 11.8 Å². The van der Waals surface area contributed by atoms with Crippen LogP contribution in [-0.4, -0.2) is 53.7 Å². The monoisotopic (exact) mass is 372 g/mol. The second kappa shape index (κ2) is 8.11. The molecule has 0 radical (unpaired) electrons. The van der Waals surface area contributed by atoms with Crippen LogP contribution in [0.4, 0.5) is 5.82 Å². The number of aromatic amines is 1. The zero-order valence-electron chi connectivity index (χ0n) is 15.7. The maximum atomic E-state index is 12.4. The lowest BCUT2D eigenvalue weighted by molar-refractivity contribution is -0.131. The molecular weight excluding hydrogens is 348 g/mol. The lowest BCUT2D eigenvalue weighted by Crippen LogP contribution is -2.34. The van der Waals surface area contributed by atoms with E-state index in [1.54, 1.807) is 18.1 Å². The van der Waals surface area contributed by atoms with Crippen molar-refractivity contribution in [2.75, 3.05) is 32.1 Å². The Kier molecular flexibility index (Phi) is 5.63. The molecule has 0 aliphatic carbocycles. The Labute approximate surface area is 157 Å². The molecule has 3 rings (SSSR count). The maximum absolute atomic E-state index is 12.4. The Morgan fingerprint density at radius 1 is 1.37 bits per heavy atom. The second-order valence-corrected chi connectivity index (χ2v) is 6.49. The number of nitrogens with zero attached hydrogens (tertiary/aromatic N) is 2. The van der Waals surface area contributed by atoms with E-state index in [2.05, 4.69) is 15.5 Å². The molecule has 27 heavy (non-hydrogen) atoms. The number of methoxy groups -OCH3 is 1. The Morgan fingerprint density at radius 3 is 2.85 bits per heavy atom. The molecule has 1 saturated heterocycles. The van der Waals surface area contributed by atoms with Gasteiger partial charge in [-0.05, 0) is 31.5 Å². The molecule has 1 unspecified atom stereocenters. The smallest absolute Gasteiger partial charge is 0.245 e. The standard InChI is InChI=1S/C19H24N4O4/c1-4-27-16-8-13(5-6-15(16)26-3)14-9-19(25)23(10-14)11-18(24)20-17-7-12(2)21-22-17/h5-8,14H,4,9-11H2,1-3H3,(H2,20,21,22,24). The van der Waals surface area contributed by atoms with Crippen LogP contribution in [0.5, 0.6) is 11.5 Å². The molecule has 1 fully saturated rings. The number of anilines is 1. The highest BCUT2D eigenvalue weighted by atomic mass is 16.5. The second-order valence-electron chi connectivity index (χ2n) is 6.49. The lowest BCUT2D eigenvalue weighted by Gasteiger charge is -2.17. The van der Waals surface area contributed by atoms with Gasteiger partial charge in [-0.15, -0.1) is 0 Å². The zero-order chi connectivity index (χ0) is 19.4. The normalized spacial score (nSPS) is 16.5. The summed E-state index contributed by atoms with van der Waals surface area (Å²) in [5, 5.41) is 9.41. The van der Waals surface area contributed by atoms with E-state index in [4.69, 9.17) is 9.47 Å². The number of hydrogen-bond acceptors (Lipinski definition) is 5. The van der Waals surface area contributed by atoms with Gasteiger partial charge in [-0.25, -0.2) is 0 Å². The van der Waals surface area contributed by atoms with Gasteiger partial charge in [0.15, 0.2) is 11.5 Å². The van der Waals surface area contributed by atoms with Crippen LogP contribution in [0.15, 0.2) is 24.3 Å². The van der Waals surface area contributed by atoms with Crippen LogP contribution in [0.25, 0.3) is 0 Å². The maximum Gasteiger partial charge on any atom is 0.245 e. The average molecular weight is 372 g/mol. The molecule has 1 aromatic heterocycles. The van der Waals surface area contributed by atoms with Crippen molar-refractivity contribution in [3.05, 3.63) is 35.5 Å². The predicted octanol–water partition coefficient (Wildman–Crippen LogP) is 2.08. The number of likely N-dealkylation sites (tertiary alicyclic amines) is 1. The summed E-state index contributed by atoms with van der Waals surface area (Å²) in [4.78, 5) is 26.1. The Hall–Kier alpha value is -3.03. The topological polar surface area (TPSA) is 96.5 Å². The fourth-order valence-electron chi connectivity index (χ4n) is 3.21. The van der Waals surface area contributed by atoms with Crippen molar-refractivity contribution in [2.24, 2.45) is 0 Å². The molecule has 2 amide bonds. The summed E-state index contributed by atoms with van der Waals surface area (Å²) in [6.45, 7) is 4.77. The molecule has 0 bridgehead atoms. The van der Waals surface area contributed by atoms with Crippen LogP contribution in [0, 0.1) is 6.92 Å². The van der Waals surface area contributed by atoms with Gasteiger partial charge in [0.1, 0.15) is 5.82 Å². The fourth-order valence-corrected chi connectivity index (χ4v) is 3.21. The summed E-state index contributed by atoms with van der Waals surface area (Å²) in [6.07, 6.45) is 0.369. The molecule has 2 heterocycles. The van der Waals surface area contributed by atoms with E-state index in [-0.39, 0.29) is 24.3 Å². The van der Waals surface area contributed by atoms with Gasteiger partial charge < -0.3 is 19.7 Å². The third-order valence-corrected chi connectivity index (χ3v) is 4.49. The molecular formula is C19H24N4O4. The summed E-state index contributed by atoms with van der Waals surface area (Å²) in [5.74, 6) is 1.58. The van der Waals surface area contributed by atoms with Crippen molar-refractivity contribution in [1.82, 2.24) is 15.1 Å². The third-order valence-electron chi connectivity index (χ3n) is 4.49. The summed E-state index contributed by atoms with van der Waals surface area (Å²) in [5.41, 5.74) is 1.78. The number of carbonyl (C=O) groups excluding carboxylic acids is 2. The SMILES string of the molecule is CCOc1cc(C2CC(=O)N(CC(=O)Nc3cc(C)n[nH]3)C2)ccc1OC. The fraction of sp³-hybridized carbons (Fsp3) is 0.421. The van der Waals surface area contributed by atoms with Crippen LogP contribution in [0.2, 0.25) is 0 Å². The Bertz CT molecular complexity index is 833. The largest absolute Gasteiger partial charge is 0.493 e. The number of nitrogens with one attached hydrogen (secondary N) is 2. The number of carbonyl (C=O) groups is 2. The van der Waals surface area contributed by atoms with E-state index < -0.39 is 0 Å². The number of ether oxygens (including phenoxy) is 2. The highest BCUT2D eigenvalue weighted by Crippen LogP contribution is 2.34. The van der Waals surface area contributed by atoms with Crippen LogP contribution in [0.1, 0.15) is 30.5 Å². The molecule has 2 aromatic rings. The summed E-state index contributed by atoms with van der Waals surface area (Å²) < 4.78 is 10.9. The van der Waals surface area contributed by atoms with Gasteiger partial charge in [-0.2, -0.15) is 5.10 Å². The van der Waals surface area contributed by atoms with Crippen molar-refractivity contribution in [3.8, 4) is 11.5 Å². The van der Waals surface area contributed by atoms with Gasteiger partial charge in [0.05, 0.1) is 26.0 Å². The van der Waals surface area contributed by atoms with Crippen LogP contribution in [0.3, 0.4) is 0 Å². The molecule has 1 atom stereocenters. The van der Waals surface area contributed by atoms with E-state index >= 15 is 0 Å². The van der Waals surface area contributed by atoms with Crippen molar-refractivity contribution in [1.29, 1.82) is 0 Å². The first kappa shape index (κ1) is 18.8. The zero-order valence-corrected chi connectivity index (χ0v) is 15.7.